The molecule has 0 aromatic heterocycles. The van der Waals surface area contributed by atoms with Crippen molar-refractivity contribution in [3.05, 3.63) is 29.8 Å². The fraction of sp³-hybridized carbons (Fsp3) is 0.684. The molecule has 1 aromatic rings. The van der Waals surface area contributed by atoms with Gasteiger partial charge in [0, 0.05) is 6.42 Å². The lowest BCUT2D eigenvalue weighted by Crippen LogP contribution is -2.84. The Bertz CT molecular complexity index is 821. The summed E-state index contributed by atoms with van der Waals surface area (Å²) in [6.45, 7) is 3.71. The number of hydrogen-bond donors (Lipinski definition) is 1. The second kappa shape index (κ2) is 7.36. The molecule has 1 fully saturated rings. The van der Waals surface area contributed by atoms with E-state index >= 15 is 4.39 Å². The summed E-state index contributed by atoms with van der Waals surface area (Å²) in [5.41, 5.74) is -10.1. The van der Waals surface area contributed by atoms with Gasteiger partial charge in [-0.3, -0.25) is 0 Å². The van der Waals surface area contributed by atoms with Crippen LogP contribution in [0.4, 0.5) is 48.3 Å². The SMILES string of the molecule is CCC(C)Oc1cccc(C(C)(O)CC2(F)C(F)(F)C(F)(F)C(F)(F)C(F)(F)C2(F)F)c1. The van der Waals surface area contributed by atoms with Crippen LogP contribution in [0.1, 0.15) is 39.2 Å². The van der Waals surface area contributed by atoms with Gasteiger partial charge < -0.3 is 9.84 Å². The van der Waals surface area contributed by atoms with E-state index in [0.29, 0.717) is 13.3 Å². The topological polar surface area (TPSA) is 29.5 Å². The van der Waals surface area contributed by atoms with Crippen LogP contribution in [-0.4, -0.2) is 46.5 Å². The van der Waals surface area contributed by atoms with Gasteiger partial charge in [-0.2, -0.15) is 43.9 Å². The van der Waals surface area contributed by atoms with E-state index in [4.69, 9.17) is 4.74 Å². The molecule has 1 saturated carbocycles. The third-order valence-electron chi connectivity index (χ3n) is 5.53. The first-order chi connectivity index (χ1) is 14.1. The second-order valence-electron chi connectivity index (χ2n) is 7.99. The highest BCUT2D eigenvalue weighted by Gasteiger charge is 3.01. The lowest BCUT2D eigenvalue weighted by Gasteiger charge is -2.53. The molecule has 0 amide bonds. The van der Waals surface area contributed by atoms with E-state index in [0.717, 1.165) is 18.2 Å². The lowest BCUT2D eigenvalue weighted by atomic mass is 9.67. The van der Waals surface area contributed by atoms with Crippen molar-refractivity contribution >= 4 is 0 Å². The number of rotatable bonds is 6. The molecule has 0 spiro atoms. The molecule has 1 aromatic carbocycles. The molecule has 0 bridgehead atoms. The normalized spacial score (nSPS) is 27.2. The molecule has 2 atom stereocenters. The van der Waals surface area contributed by atoms with Gasteiger partial charge in [-0.1, -0.05) is 19.1 Å². The van der Waals surface area contributed by atoms with E-state index in [9.17, 15) is 49.0 Å². The summed E-state index contributed by atoms with van der Waals surface area (Å²) >= 11 is 0. The fourth-order valence-electron chi connectivity index (χ4n) is 3.30. The summed E-state index contributed by atoms with van der Waals surface area (Å²) in [7, 11) is 0. The molecule has 184 valence electrons. The van der Waals surface area contributed by atoms with Crippen LogP contribution in [0.3, 0.4) is 0 Å². The van der Waals surface area contributed by atoms with Crippen molar-refractivity contribution in [3.8, 4) is 5.75 Å². The number of halogens is 11. The second-order valence-corrected chi connectivity index (χ2v) is 7.99. The van der Waals surface area contributed by atoms with Crippen molar-refractivity contribution in [1.82, 2.24) is 0 Å². The maximum atomic E-state index is 15.0. The Morgan fingerprint density at radius 2 is 1.28 bits per heavy atom. The minimum absolute atomic E-state index is 0.0746. The van der Waals surface area contributed by atoms with Crippen LogP contribution in [0.2, 0.25) is 0 Å². The standard InChI is InChI=1S/C19H19F11O2/c1-4-10(2)32-12-7-5-6-11(8-12)13(3,31)9-14(20)15(21,22)17(25,26)19(29,30)18(27,28)16(14,23)24/h5-8,10,31H,4,9H2,1-3H3. The molecule has 0 aliphatic heterocycles. The Hall–Kier alpha value is -1.79. The molecule has 0 heterocycles. The molecule has 32 heavy (non-hydrogen) atoms. The molecular formula is C19H19F11O2. The van der Waals surface area contributed by atoms with Crippen molar-refractivity contribution in [2.75, 3.05) is 0 Å². The summed E-state index contributed by atoms with van der Waals surface area (Å²) in [4.78, 5) is 0. The molecule has 1 aliphatic rings. The average Bonchev–Trinajstić information content (AvgIpc) is 2.66. The fourth-order valence-corrected chi connectivity index (χ4v) is 3.30. The summed E-state index contributed by atoms with van der Waals surface area (Å²) in [5.74, 6) is -35.8. The monoisotopic (exact) mass is 488 g/mol. The van der Waals surface area contributed by atoms with Gasteiger partial charge in [0.1, 0.15) is 5.75 Å². The summed E-state index contributed by atoms with van der Waals surface area (Å²) in [6, 6.07) is 4.10. The highest BCUT2D eigenvalue weighted by molar-refractivity contribution is 5.34. The molecular weight excluding hydrogens is 469 g/mol. The quantitative estimate of drug-likeness (QED) is 0.473. The maximum absolute atomic E-state index is 15.0. The van der Waals surface area contributed by atoms with Crippen molar-refractivity contribution in [3.63, 3.8) is 0 Å². The Balaban J connectivity index is 2.61. The smallest absolute Gasteiger partial charge is 0.384 e. The number of alkyl halides is 11. The average molecular weight is 488 g/mol. The van der Waals surface area contributed by atoms with Crippen molar-refractivity contribution in [2.45, 2.75) is 80.6 Å². The third-order valence-corrected chi connectivity index (χ3v) is 5.53. The first-order valence-corrected chi connectivity index (χ1v) is 9.21. The van der Waals surface area contributed by atoms with E-state index in [2.05, 4.69) is 0 Å². The van der Waals surface area contributed by atoms with Gasteiger partial charge >= 0.3 is 29.6 Å². The molecule has 2 rings (SSSR count). The van der Waals surface area contributed by atoms with Crippen LogP contribution in [0.25, 0.3) is 0 Å². The first-order valence-electron chi connectivity index (χ1n) is 9.21. The number of aliphatic hydroxyl groups is 1. The zero-order chi connectivity index (χ0) is 25.2. The van der Waals surface area contributed by atoms with Gasteiger partial charge in [-0.05, 0) is 38.0 Å². The van der Waals surface area contributed by atoms with E-state index in [-0.39, 0.29) is 5.75 Å². The van der Waals surface area contributed by atoms with Crippen LogP contribution >= 0.6 is 0 Å². The van der Waals surface area contributed by atoms with Crippen LogP contribution in [-0.2, 0) is 5.60 Å². The maximum Gasteiger partial charge on any atom is 0.384 e. The van der Waals surface area contributed by atoms with Crippen LogP contribution in [0.15, 0.2) is 24.3 Å². The van der Waals surface area contributed by atoms with Gasteiger partial charge in [-0.15, -0.1) is 0 Å². The largest absolute Gasteiger partial charge is 0.491 e. The lowest BCUT2D eigenvalue weighted by molar-refractivity contribution is -0.488. The summed E-state index contributed by atoms with van der Waals surface area (Å²) in [6.07, 6.45) is -2.74. The third kappa shape index (κ3) is 3.25. The predicted molar refractivity (Wildman–Crippen MR) is 89.6 cm³/mol. The van der Waals surface area contributed by atoms with Crippen LogP contribution in [0.5, 0.6) is 5.75 Å². The minimum atomic E-state index is -7.29. The van der Waals surface area contributed by atoms with Gasteiger partial charge in [0.2, 0.25) is 0 Å². The molecule has 1 aliphatic carbocycles. The Kier molecular flexibility index (Phi) is 6.08. The molecule has 2 unspecified atom stereocenters. The van der Waals surface area contributed by atoms with Crippen LogP contribution < -0.4 is 4.74 Å². The Labute approximate surface area is 175 Å². The highest BCUT2D eigenvalue weighted by Crippen LogP contribution is 2.71. The van der Waals surface area contributed by atoms with Crippen molar-refractivity contribution in [2.24, 2.45) is 0 Å². The van der Waals surface area contributed by atoms with Crippen molar-refractivity contribution in [1.29, 1.82) is 0 Å². The van der Waals surface area contributed by atoms with Crippen molar-refractivity contribution < 1.29 is 58.1 Å². The van der Waals surface area contributed by atoms with Crippen LogP contribution in [0, 0.1) is 0 Å². The van der Waals surface area contributed by atoms with Gasteiger partial charge in [0.25, 0.3) is 5.67 Å². The highest BCUT2D eigenvalue weighted by atomic mass is 19.4. The van der Waals surface area contributed by atoms with Gasteiger partial charge in [-0.25, -0.2) is 4.39 Å². The number of ether oxygens (including phenoxy) is 1. The van der Waals surface area contributed by atoms with E-state index in [1.807, 2.05) is 0 Å². The summed E-state index contributed by atoms with van der Waals surface area (Å²) < 4.78 is 158. The molecule has 0 radical (unpaired) electrons. The predicted octanol–water partition coefficient (Wildman–Crippen LogP) is 6.36. The first kappa shape index (κ1) is 26.5. The van der Waals surface area contributed by atoms with E-state index in [1.54, 1.807) is 13.8 Å². The van der Waals surface area contributed by atoms with Gasteiger partial charge in [0.05, 0.1) is 11.7 Å². The Morgan fingerprint density at radius 3 is 1.72 bits per heavy atom. The number of benzene rings is 1. The number of hydrogen-bond acceptors (Lipinski definition) is 2. The molecule has 13 heteroatoms. The van der Waals surface area contributed by atoms with E-state index < -0.39 is 59.0 Å². The van der Waals surface area contributed by atoms with E-state index in [1.165, 1.54) is 6.07 Å². The Morgan fingerprint density at radius 1 is 0.844 bits per heavy atom. The molecule has 1 N–H and O–H groups in total. The molecule has 0 saturated heterocycles. The minimum Gasteiger partial charge on any atom is -0.491 e. The summed E-state index contributed by atoms with van der Waals surface area (Å²) in [5, 5.41) is 10.4. The zero-order valence-corrected chi connectivity index (χ0v) is 16.8. The zero-order valence-electron chi connectivity index (χ0n) is 16.8. The van der Waals surface area contributed by atoms with Gasteiger partial charge in [0.15, 0.2) is 0 Å². The molecule has 2 nitrogen and oxygen atoms in total.